The zero-order valence-electron chi connectivity index (χ0n) is 14.1. The lowest BCUT2D eigenvalue weighted by Gasteiger charge is -2.16. The van der Waals surface area contributed by atoms with Gasteiger partial charge in [-0.15, -0.1) is 0 Å². The third kappa shape index (κ3) is 3.33. The second-order valence-corrected chi connectivity index (χ2v) is 5.80. The number of carboxylic acids is 1. The van der Waals surface area contributed by atoms with Crippen LogP contribution < -0.4 is 5.56 Å². The number of halogens is 3. The Bertz CT molecular complexity index is 1100. The molecule has 2 heterocycles. The highest BCUT2D eigenvalue weighted by Gasteiger charge is 2.31. The predicted octanol–water partition coefficient (Wildman–Crippen LogP) is 2.96. The van der Waals surface area contributed by atoms with Gasteiger partial charge in [-0.2, -0.15) is 18.3 Å². The van der Waals surface area contributed by atoms with Crippen molar-refractivity contribution in [1.82, 2.24) is 19.7 Å². The molecule has 0 spiro atoms. The van der Waals surface area contributed by atoms with Gasteiger partial charge in [-0.05, 0) is 38.1 Å². The Kier molecular flexibility index (Phi) is 4.34. The van der Waals surface area contributed by atoms with Crippen LogP contribution in [0.25, 0.3) is 17.1 Å². The Morgan fingerprint density at radius 1 is 1.22 bits per heavy atom. The van der Waals surface area contributed by atoms with Crippen molar-refractivity contribution in [3.05, 3.63) is 63.3 Å². The van der Waals surface area contributed by atoms with Crippen molar-refractivity contribution in [3.8, 4) is 17.1 Å². The average molecular weight is 378 g/mol. The van der Waals surface area contributed by atoms with Crippen LogP contribution in [-0.2, 0) is 6.18 Å². The normalized spacial score (nSPS) is 11.6. The van der Waals surface area contributed by atoms with E-state index < -0.39 is 28.8 Å². The Labute approximate surface area is 150 Å². The van der Waals surface area contributed by atoms with Crippen molar-refractivity contribution in [1.29, 1.82) is 0 Å². The number of carboxylic acid groups (broad SMARTS) is 1. The predicted molar refractivity (Wildman–Crippen MR) is 88.9 cm³/mol. The summed E-state index contributed by atoms with van der Waals surface area (Å²) in [5, 5.41) is 15.9. The highest BCUT2D eigenvalue weighted by atomic mass is 19.4. The first-order valence-corrected chi connectivity index (χ1v) is 7.66. The lowest BCUT2D eigenvalue weighted by atomic mass is 10.1. The molecule has 3 aromatic rings. The number of aromatic nitrogens is 4. The molecule has 7 nitrogen and oxygen atoms in total. The maximum Gasteiger partial charge on any atom is 0.416 e. The summed E-state index contributed by atoms with van der Waals surface area (Å²) in [7, 11) is 0. The maximum atomic E-state index is 13.0. The summed E-state index contributed by atoms with van der Waals surface area (Å²) in [6.45, 7) is 3.11. The van der Waals surface area contributed by atoms with Crippen LogP contribution in [0, 0.1) is 13.8 Å². The minimum Gasteiger partial charge on any atom is -0.477 e. The summed E-state index contributed by atoms with van der Waals surface area (Å²) in [6.07, 6.45) is -4.61. The highest BCUT2D eigenvalue weighted by molar-refractivity contribution is 5.89. The zero-order valence-corrected chi connectivity index (χ0v) is 14.1. The molecule has 0 saturated carbocycles. The number of hydrogen-bond donors (Lipinski definition) is 2. The van der Waals surface area contributed by atoms with Crippen LogP contribution in [0.3, 0.4) is 0 Å². The number of aryl methyl sites for hydroxylation is 1. The minimum atomic E-state index is -4.61. The van der Waals surface area contributed by atoms with E-state index in [0.29, 0.717) is 5.82 Å². The Morgan fingerprint density at radius 2 is 1.93 bits per heavy atom. The van der Waals surface area contributed by atoms with Crippen molar-refractivity contribution in [2.75, 3.05) is 0 Å². The number of alkyl halides is 3. The molecule has 10 heteroatoms. The second kappa shape index (κ2) is 6.38. The lowest BCUT2D eigenvalue weighted by molar-refractivity contribution is -0.137. The highest BCUT2D eigenvalue weighted by Crippen LogP contribution is 2.31. The second-order valence-electron chi connectivity index (χ2n) is 5.80. The minimum absolute atomic E-state index is 0.107. The average Bonchev–Trinajstić information content (AvgIpc) is 3.00. The SMILES string of the molecule is Cc1nc(-c2cc(C(=O)O)c(=O)n(-c3cccc(C(F)(F)F)c3)c2C)n[nH]1. The first-order chi connectivity index (χ1) is 12.6. The number of carbonyl (C=O) groups is 1. The van der Waals surface area contributed by atoms with Crippen LogP contribution >= 0.6 is 0 Å². The summed E-state index contributed by atoms with van der Waals surface area (Å²) in [5.41, 5.74) is -2.19. The van der Waals surface area contributed by atoms with E-state index in [1.54, 1.807) is 6.92 Å². The molecular formula is C17H13F3N4O3. The zero-order chi connectivity index (χ0) is 19.9. The molecule has 2 N–H and O–H groups in total. The Hall–Kier alpha value is -3.43. The van der Waals surface area contributed by atoms with Gasteiger partial charge in [-0.25, -0.2) is 9.78 Å². The summed E-state index contributed by atoms with van der Waals surface area (Å²) in [5.74, 6) is -0.916. The fraction of sp³-hybridized carbons (Fsp3) is 0.176. The van der Waals surface area contributed by atoms with Crippen molar-refractivity contribution >= 4 is 5.97 Å². The van der Waals surface area contributed by atoms with E-state index in [-0.39, 0.29) is 22.8 Å². The van der Waals surface area contributed by atoms with Crippen molar-refractivity contribution in [2.24, 2.45) is 0 Å². The lowest BCUT2D eigenvalue weighted by Crippen LogP contribution is -2.27. The first-order valence-electron chi connectivity index (χ1n) is 7.66. The van der Waals surface area contributed by atoms with E-state index in [4.69, 9.17) is 0 Å². The van der Waals surface area contributed by atoms with Gasteiger partial charge in [-0.1, -0.05) is 6.07 Å². The van der Waals surface area contributed by atoms with Crippen LogP contribution in [0.2, 0.25) is 0 Å². The maximum absolute atomic E-state index is 13.0. The van der Waals surface area contributed by atoms with E-state index in [2.05, 4.69) is 15.2 Å². The summed E-state index contributed by atoms with van der Waals surface area (Å²) in [6, 6.07) is 5.21. The number of benzene rings is 1. The molecule has 0 atom stereocenters. The molecule has 0 bridgehead atoms. The molecule has 1 aromatic carbocycles. The van der Waals surface area contributed by atoms with Crippen LogP contribution in [-0.4, -0.2) is 30.8 Å². The van der Waals surface area contributed by atoms with Crippen molar-refractivity contribution in [2.45, 2.75) is 20.0 Å². The molecule has 2 aromatic heterocycles. The third-order valence-corrected chi connectivity index (χ3v) is 3.95. The van der Waals surface area contributed by atoms with Gasteiger partial charge in [0, 0.05) is 16.9 Å². The smallest absolute Gasteiger partial charge is 0.416 e. The van der Waals surface area contributed by atoms with E-state index in [1.807, 2.05) is 0 Å². The molecule has 0 saturated heterocycles. The largest absolute Gasteiger partial charge is 0.477 e. The van der Waals surface area contributed by atoms with E-state index in [0.717, 1.165) is 28.8 Å². The van der Waals surface area contributed by atoms with Gasteiger partial charge in [0.15, 0.2) is 5.82 Å². The molecule has 0 aliphatic heterocycles. The molecule has 0 unspecified atom stereocenters. The van der Waals surface area contributed by atoms with E-state index >= 15 is 0 Å². The molecule has 0 aliphatic carbocycles. The summed E-state index contributed by atoms with van der Waals surface area (Å²) >= 11 is 0. The number of rotatable bonds is 3. The number of aromatic amines is 1. The quantitative estimate of drug-likeness (QED) is 0.730. The third-order valence-electron chi connectivity index (χ3n) is 3.95. The topological polar surface area (TPSA) is 101 Å². The van der Waals surface area contributed by atoms with Gasteiger partial charge < -0.3 is 5.11 Å². The number of pyridine rings is 1. The molecule has 27 heavy (non-hydrogen) atoms. The summed E-state index contributed by atoms with van der Waals surface area (Å²) < 4.78 is 40.0. The Morgan fingerprint density at radius 3 is 2.48 bits per heavy atom. The Balaban J connectivity index is 2.34. The molecule has 0 radical (unpaired) electrons. The number of nitrogens with zero attached hydrogens (tertiary/aromatic N) is 3. The fourth-order valence-corrected chi connectivity index (χ4v) is 2.68. The van der Waals surface area contributed by atoms with Gasteiger partial charge in [-0.3, -0.25) is 14.5 Å². The number of nitrogens with one attached hydrogen (secondary N) is 1. The molecule has 140 valence electrons. The standard InChI is InChI=1S/C17H13F3N4O3/c1-8-12(14-21-9(2)22-23-14)7-13(16(26)27)15(25)24(8)11-5-3-4-10(6-11)17(18,19)20/h3-7H,1-2H3,(H,26,27)(H,21,22,23). The summed E-state index contributed by atoms with van der Waals surface area (Å²) in [4.78, 5) is 28.2. The van der Waals surface area contributed by atoms with E-state index in [1.165, 1.54) is 13.0 Å². The molecular weight excluding hydrogens is 365 g/mol. The molecule has 3 rings (SSSR count). The van der Waals surface area contributed by atoms with Gasteiger partial charge in [0.2, 0.25) is 0 Å². The monoisotopic (exact) mass is 378 g/mol. The van der Waals surface area contributed by atoms with Gasteiger partial charge in [0.05, 0.1) is 5.56 Å². The van der Waals surface area contributed by atoms with Crippen LogP contribution in [0.5, 0.6) is 0 Å². The first kappa shape index (κ1) is 18.4. The molecule has 0 aliphatic rings. The number of hydrogen-bond acceptors (Lipinski definition) is 4. The molecule has 0 amide bonds. The van der Waals surface area contributed by atoms with Crippen LogP contribution in [0.1, 0.15) is 27.4 Å². The van der Waals surface area contributed by atoms with Crippen LogP contribution in [0.15, 0.2) is 35.1 Å². The van der Waals surface area contributed by atoms with Gasteiger partial charge in [0.1, 0.15) is 11.4 Å². The van der Waals surface area contributed by atoms with Crippen molar-refractivity contribution in [3.63, 3.8) is 0 Å². The van der Waals surface area contributed by atoms with Gasteiger partial charge in [0.25, 0.3) is 5.56 Å². The fourth-order valence-electron chi connectivity index (χ4n) is 2.68. The molecule has 0 fully saturated rings. The van der Waals surface area contributed by atoms with Gasteiger partial charge >= 0.3 is 12.1 Å². The number of H-pyrrole nitrogens is 1. The van der Waals surface area contributed by atoms with E-state index in [9.17, 15) is 27.9 Å². The van der Waals surface area contributed by atoms with Crippen molar-refractivity contribution < 1.29 is 23.1 Å². The number of aromatic carboxylic acids is 1. The van der Waals surface area contributed by atoms with Crippen LogP contribution in [0.4, 0.5) is 13.2 Å².